The molecule has 3 rings (SSSR count). The Bertz CT molecular complexity index is 326. The maximum atomic E-state index is 4.36. The molecule has 4 atom stereocenters. The Kier molecular flexibility index (Phi) is 11.4. The summed E-state index contributed by atoms with van der Waals surface area (Å²) < 4.78 is 4.44. The smallest absolute Gasteiger partial charge is 0.0979 e. The third kappa shape index (κ3) is 7.19. The Morgan fingerprint density at radius 1 is 0.826 bits per heavy atom. The van der Waals surface area contributed by atoms with Gasteiger partial charge in [-0.3, -0.25) is 0 Å². The van der Waals surface area contributed by atoms with E-state index in [1.807, 2.05) is 23.5 Å². The Balaban J connectivity index is 1.46. The predicted octanol–water partition coefficient (Wildman–Crippen LogP) is 6.96. The first-order chi connectivity index (χ1) is 11.3. The standard InChI is InChI=1S/C11H18S12/c12-3-16-6-1-14-10(20-6)22-9(8-18-5-19-8)23-11-15-2-7(21-11)17-4-13/h6-13H,1-5H2. The number of rotatable bonds is 9. The van der Waals surface area contributed by atoms with Crippen LogP contribution in [0.5, 0.6) is 0 Å². The summed E-state index contributed by atoms with van der Waals surface area (Å²) in [5, 5.41) is 3.18. The zero-order chi connectivity index (χ0) is 16.1. The maximum absolute atomic E-state index is 4.36. The van der Waals surface area contributed by atoms with E-state index in [-0.39, 0.29) is 0 Å². The van der Waals surface area contributed by atoms with Crippen molar-refractivity contribution >= 4 is 143 Å². The lowest BCUT2D eigenvalue weighted by atomic mass is 10.9. The normalized spacial score (nSPS) is 36.3. The molecule has 0 aliphatic carbocycles. The van der Waals surface area contributed by atoms with Crippen LogP contribution in [0.3, 0.4) is 0 Å². The first kappa shape index (κ1) is 21.9. The number of thiol groups is 2. The molecule has 3 heterocycles. The Labute approximate surface area is 193 Å². The van der Waals surface area contributed by atoms with Crippen molar-refractivity contribution in [2.75, 3.05) is 26.8 Å². The van der Waals surface area contributed by atoms with E-state index in [0.717, 1.165) is 28.5 Å². The molecule has 3 saturated heterocycles. The van der Waals surface area contributed by atoms with Crippen molar-refractivity contribution in [2.24, 2.45) is 0 Å². The summed E-state index contributed by atoms with van der Waals surface area (Å²) in [6.45, 7) is 0. The van der Waals surface area contributed by atoms with Crippen molar-refractivity contribution in [1.82, 2.24) is 0 Å². The van der Waals surface area contributed by atoms with Gasteiger partial charge in [-0.05, 0) is 0 Å². The summed E-state index contributed by atoms with van der Waals surface area (Å²) in [4.78, 5) is 0. The molecule has 0 saturated carbocycles. The second-order valence-corrected chi connectivity index (χ2v) is 21.3. The minimum atomic E-state index is 0.714. The fraction of sp³-hybridized carbons (Fsp3) is 1.00. The molecule has 3 fully saturated rings. The largest absolute Gasteiger partial charge is 0.168 e. The molecule has 0 N–H and O–H groups in total. The summed E-state index contributed by atoms with van der Waals surface area (Å²) in [6.07, 6.45) is 0. The van der Waals surface area contributed by atoms with Crippen LogP contribution < -0.4 is 0 Å². The van der Waals surface area contributed by atoms with Gasteiger partial charge in [0.25, 0.3) is 0 Å². The summed E-state index contributed by atoms with van der Waals surface area (Å²) in [7, 11) is 0. The van der Waals surface area contributed by atoms with Gasteiger partial charge in [-0.1, -0.05) is 0 Å². The number of thioether (sulfide) groups is 10. The lowest BCUT2D eigenvalue weighted by Crippen LogP contribution is -2.22. The van der Waals surface area contributed by atoms with E-state index >= 15 is 0 Å². The molecule has 0 aromatic heterocycles. The van der Waals surface area contributed by atoms with Gasteiger partial charge in [-0.15, -0.1) is 118 Å². The van der Waals surface area contributed by atoms with E-state index in [0.29, 0.717) is 7.83 Å². The molecule has 4 unspecified atom stereocenters. The first-order valence-corrected chi connectivity index (χ1v) is 18.1. The first-order valence-electron chi connectivity index (χ1n) is 6.81. The monoisotopic (exact) mass is 534 g/mol. The average molecular weight is 535 g/mol. The summed E-state index contributed by atoms with van der Waals surface area (Å²) >= 11 is 30.1. The third-order valence-corrected chi connectivity index (χ3v) is 20.8. The molecule has 0 spiro atoms. The maximum Gasteiger partial charge on any atom is 0.0979 e. The molecular weight excluding hydrogens is 517 g/mol. The highest BCUT2D eigenvalue weighted by Crippen LogP contribution is 2.59. The summed E-state index contributed by atoms with van der Waals surface area (Å²) in [6, 6.07) is 0. The lowest BCUT2D eigenvalue weighted by molar-refractivity contribution is 1.34. The Morgan fingerprint density at radius 2 is 1.35 bits per heavy atom. The molecule has 0 aromatic carbocycles. The molecule has 0 bridgehead atoms. The minimum absolute atomic E-state index is 0.714. The van der Waals surface area contributed by atoms with Crippen LogP contribution in [0.1, 0.15) is 0 Å². The van der Waals surface area contributed by atoms with E-state index in [2.05, 4.69) is 119 Å². The molecule has 3 aliphatic rings. The van der Waals surface area contributed by atoms with Gasteiger partial charge in [0.1, 0.15) is 0 Å². The van der Waals surface area contributed by atoms with Gasteiger partial charge in [-0.2, -0.15) is 25.3 Å². The molecule has 0 amide bonds. The Morgan fingerprint density at radius 3 is 1.74 bits per heavy atom. The SMILES string of the molecule is SCSC1CSC(SC(SC2SCC(SCS)S2)C2SCS2)S1. The van der Waals surface area contributed by atoms with Crippen molar-refractivity contribution in [3.05, 3.63) is 0 Å². The van der Waals surface area contributed by atoms with Gasteiger partial charge in [0.05, 0.1) is 26.2 Å². The minimum Gasteiger partial charge on any atom is -0.168 e. The number of hydrogen-bond donors (Lipinski definition) is 2. The van der Waals surface area contributed by atoms with Crippen molar-refractivity contribution in [3.8, 4) is 0 Å². The topological polar surface area (TPSA) is 0 Å². The summed E-state index contributed by atoms with van der Waals surface area (Å²) in [5.74, 6) is 2.56. The van der Waals surface area contributed by atoms with Gasteiger partial charge >= 0.3 is 0 Å². The van der Waals surface area contributed by atoms with Gasteiger partial charge in [0, 0.05) is 26.8 Å². The van der Waals surface area contributed by atoms with Crippen molar-refractivity contribution in [3.63, 3.8) is 0 Å². The molecule has 134 valence electrons. The predicted molar refractivity (Wildman–Crippen MR) is 141 cm³/mol. The van der Waals surface area contributed by atoms with Crippen molar-refractivity contribution < 1.29 is 0 Å². The quantitative estimate of drug-likeness (QED) is 0.234. The van der Waals surface area contributed by atoms with Crippen LogP contribution in [0, 0.1) is 0 Å². The molecular formula is C11H18S12. The van der Waals surface area contributed by atoms with E-state index in [1.54, 1.807) is 0 Å². The van der Waals surface area contributed by atoms with Crippen molar-refractivity contribution in [1.29, 1.82) is 0 Å². The fourth-order valence-electron chi connectivity index (χ4n) is 1.89. The van der Waals surface area contributed by atoms with Crippen LogP contribution in [0.2, 0.25) is 0 Å². The van der Waals surface area contributed by atoms with Crippen LogP contribution >= 0.6 is 143 Å². The lowest BCUT2D eigenvalue weighted by Gasteiger charge is -2.34. The fourth-order valence-corrected chi connectivity index (χ4v) is 21.3. The molecule has 23 heavy (non-hydrogen) atoms. The second-order valence-electron chi connectivity index (χ2n) is 4.43. The van der Waals surface area contributed by atoms with E-state index in [1.165, 1.54) is 16.6 Å². The summed E-state index contributed by atoms with van der Waals surface area (Å²) in [5.41, 5.74) is 0. The highest BCUT2D eigenvalue weighted by atomic mass is 32.3. The van der Waals surface area contributed by atoms with E-state index in [9.17, 15) is 0 Å². The number of hydrogen-bond acceptors (Lipinski definition) is 12. The van der Waals surface area contributed by atoms with Gasteiger partial charge in [-0.25, -0.2) is 0 Å². The van der Waals surface area contributed by atoms with Crippen molar-refractivity contribution in [2.45, 2.75) is 26.2 Å². The van der Waals surface area contributed by atoms with Crippen LogP contribution in [0.15, 0.2) is 0 Å². The highest BCUT2D eigenvalue weighted by Gasteiger charge is 2.38. The zero-order valence-electron chi connectivity index (χ0n) is 12.0. The molecule has 0 aromatic rings. The highest BCUT2D eigenvalue weighted by molar-refractivity contribution is 8.45. The third-order valence-electron chi connectivity index (χ3n) is 2.96. The van der Waals surface area contributed by atoms with Gasteiger partial charge in [0.2, 0.25) is 0 Å². The molecule has 0 radical (unpaired) electrons. The molecule has 0 nitrogen and oxygen atoms in total. The van der Waals surface area contributed by atoms with Gasteiger partial charge < -0.3 is 0 Å². The van der Waals surface area contributed by atoms with E-state index in [4.69, 9.17) is 0 Å². The molecule has 3 aliphatic heterocycles. The second kappa shape index (κ2) is 12.0. The van der Waals surface area contributed by atoms with Gasteiger partial charge in [0.15, 0.2) is 0 Å². The Hall–Kier alpha value is 4.20. The van der Waals surface area contributed by atoms with Crippen LogP contribution in [-0.2, 0) is 0 Å². The van der Waals surface area contributed by atoms with Crippen LogP contribution in [0.4, 0.5) is 0 Å². The van der Waals surface area contributed by atoms with Crippen LogP contribution in [0.25, 0.3) is 0 Å². The van der Waals surface area contributed by atoms with E-state index < -0.39 is 0 Å². The zero-order valence-corrected chi connectivity index (χ0v) is 21.9. The average Bonchev–Trinajstić information content (AvgIpc) is 3.08. The van der Waals surface area contributed by atoms with Crippen LogP contribution in [-0.4, -0.2) is 52.9 Å². The molecule has 12 heteroatoms.